The molecule has 3 aromatic heterocycles. The monoisotopic (exact) mass is 622 g/mol. The lowest BCUT2D eigenvalue weighted by molar-refractivity contribution is 0.0244. The van der Waals surface area contributed by atoms with E-state index in [0.717, 1.165) is 62.2 Å². The van der Waals surface area contributed by atoms with Gasteiger partial charge in [0.05, 0.1) is 35.3 Å². The smallest absolute Gasteiger partial charge is 0.321 e. The van der Waals surface area contributed by atoms with E-state index >= 15 is 0 Å². The molecule has 3 atom stereocenters. The number of hydrogen-bond donors (Lipinski definition) is 2. The Hall–Kier alpha value is -3.45. The Morgan fingerprint density at radius 2 is 2.07 bits per heavy atom. The average molecular weight is 623 g/mol. The molecule has 15 heteroatoms. The Morgan fingerprint density at radius 1 is 1.18 bits per heavy atom. The van der Waals surface area contributed by atoms with Gasteiger partial charge in [-0.25, -0.2) is 4.39 Å². The molecule has 5 aliphatic rings. The number of nitrogens with zero attached hydrogens (tertiary/aromatic N) is 8. The minimum atomic E-state index is -0.859. The number of nitrogens with one attached hydrogen (secondary N) is 1. The second-order valence-electron chi connectivity index (χ2n) is 13.0. The highest BCUT2D eigenvalue weighted by atomic mass is 32.1. The van der Waals surface area contributed by atoms with Crippen LogP contribution < -0.4 is 20.7 Å². The molecule has 0 unspecified atom stereocenters. The van der Waals surface area contributed by atoms with Crippen LogP contribution in [0.15, 0.2) is 4.52 Å². The summed E-state index contributed by atoms with van der Waals surface area (Å²) in [7, 11) is 0. The van der Waals surface area contributed by atoms with E-state index in [1.54, 1.807) is 0 Å². The van der Waals surface area contributed by atoms with Crippen molar-refractivity contribution in [3.8, 4) is 23.7 Å². The van der Waals surface area contributed by atoms with E-state index < -0.39 is 11.6 Å². The second kappa shape index (κ2) is 10.3. The molecule has 13 nitrogen and oxygen atoms in total. The minimum absolute atomic E-state index is 0.150. The van der Waals surface area contributed by atoms with Gasteiger partial charge in [0.2, 0.25) is 23.5 Å². The summed E-state index contributed by atoms with van der Waals surface area (Å²) in [5.74, 6) is 1.29. The Bertz CT molecular complexity index is 1640. The number of ether oxygens (including phenoxy) is 2. The zero-order valence-electron chi connectivity index (χ0n) is 24.6. The molecule has 4 aliphatic heterocycles. The quantitative estimate of drug-likeness (QED) is 0.412. The van der Waals surface area contributed by atoms with Crippen LogP contribution in [0, 0.1) is 11.3 Å². The van der Waals surface area contributed by atoms with Crippen molar-refractivity contribution in [1.29, 1.82) is 5.26 Å². The maximum absolute atomic E-state index is 14.5. The Kier molecular flexibility index (Phi) is 6.57. The van der Waals surface area contributed by atoms with Gasteiger partial charge < -0.3 is 29.9 Å². The van der Waals surface area contributed by atoms with Crippen LogP contribution in [-0.4, -0.2) is 99.8 Å². The fourth-order valence-corrected chi connectivity index (χ4v) is 9.07. The number of halogens is 1. The van der Waals surface area contributed by atoms with Gasteiger partial charge in [0.1, 0.15) is 23.8 Å². The zero-order chi connectivity index (χ0) is 30.1. The van der Waals surface area contributed by atoms with Crippen LogP contribution in [0.3, 0.4) is 0 Å². The molecule has 0 bridgehead atoms. The standard InChI is InChI=1S/C29H35FN10O3S/c1-27(5-2-4-19-20(27)18(11-31)21(32)44-19)24-34-23(38-43-24)22-35-25(40-8-9-41-15-29(40)13-33-14-29)37-26(36-22)42-16-28-6-3-7-39(28)12-17(30)10-28/h17,33H,2-10,12-16,32H2,1H3/t17-,27+,28+/m1/s1. The average Bonchev–Trinajstić information content (AvgIpc) is 3.77. The summed E-state index contributed by atoms with van der Waals surface area (Å²) >= 11 is 1.46. The summed E-state index contributed by atoms with van der Waals surface area (Å²) in [6.45, 7) is 6.85. The maximum atomic E-state index is 14.5. The van der Waals surface area contributed by atoms with Crippen LogP contribution in [0.5, 0.6) is 6.01 Å². The normalized spacial score (nSPS) is 29.3. The van der Waals surface area contributed by atoms with Gasteiger partial charge in [-0.1, -0.05) is 5.16 Å². The minimum Gasteiger partial charge on any atom is -0.461 e. The molecule has 1 spiro atoms. The number of anilines is 2. The predicted octanol–water partition coefficient (Wildman–Crippen LogP) is 2.21. The Morgan fingerprint density at radius 3 is 2.89 bits per heavy atom. The van der Waals surface area contributed by atoms with Crippen molar-refractivity contribution in [2.45, 2.75) is 68.1 Å². The Labute approximate surface area is 257 Å². The third kappa shape index (κ3) is 4.29. The molecule has 3 aromatic rings. The first-order valence-corrected chi connectivity index (χ1v) is 16.1. The van der Waals surface area contributed by atoms with Gasteiger partial charge in [0.15, 0.2) is 0 Å². The number of thiophene rings is 1. The van der Waals surface area contributed by atoms with Gasteiger partial charge in [-0.2, -0.15) is 25.2 Å². The molecule has 0 amide bonds. The lowest BCUT2D eigenvalue weighted by Gasteiger charge is -2.52. The molecule has 44 heavy (non-hydrogen) atoms. The maximum Gasteiger partial charge on any atom is 0.321 e. The number of rotatable bonds is 6. The molecule has 0 saturated carbocycles. The molecule has 8 rings (SSSR count). The van der Waals surface area contributed by atoms with Crippen molar-refractivity contribution < 1.29 is 18.4 Å². The lowest BCUT2D eigenvalue weighted by atomic mass is 9.72. The first kappa shape index (κ1) is 28.1. The molecular weight excluding hydrogens is 587 g/mol. The summed E-state index contributed by atoms with van der Waals surface area (Å²) in [5.41, 5.74) is 6.31. The number of aromatic nitrogens is 5. The predicted molar refractivity (Wildman–Crippen MR) is 158 cm³/mol. The van der Waals surface area contributed by atoms with Crippen molar-refractivity contribution in [1.82, 2.24) is 35.3 Å². The molecular formula is C29H35FN10O3S. The highest BCUT2D eigenvalue weighted by Gasteiger charge is 2.50. The molecule has 0 aromatic carbocycles. The van der Waals surface area contributed by atoms with Crippen LogP contribution in [0.25, 0.3) is 11.6 Å². The van der Waals surface area contributed by atoms with Gasteiger partial charge in [-0.3, -0.25) is 4.90 Å². The van der Waals surface area contributed by atoms with E-state index in [4.69, 9.17) is 34.7 Å². The highest BCUT2D eigenvalue weighted by Crippen LogP contribution is 2.48. The molecule has 1 aliphatic carbocycles. The fourth-order valence-electron chi connectivity index (χ4n) is 7.88. The van der Waals surface area contributed by atoms with E-state index in [2.05, 4.69) is 31.3 Å². The van der Waals surface area contributed by atoms with Gasteiger partial charge in [0, 0.05) is 43.0 Å². The zero-order valence-corrected chi connectivity index (χ0v) is 25.5. The van der Waals surface area contributed by atoms with Crippen molar-refractivity contribution in [2.75, 3.05) is 63.2 Å². The van der Waals surface area contributed by atoms with Gasteiger partial charge >= 0.3 is 6.01 Å². The van der Waals surface area contributed by atoms with Crippen LogP contribution >= 0.6 is 11.3 Å². The van der Waals surface area contributed by atoms with E-state index in [0.29, 0.717) is 61.7 Å². The van der Waals surface area contributed by atoms with Crippen molar-refractivity contribution in [2.24, 2.45) is 0 Å². The number of nitriles is 1. The van der Waals surface area contributed by atoms with Crippen LogP contribution in [-0.2, 0) is 16.6 Å². The molecule has 4 fully saturated rings. The number of hydrogen-bond acceptors (Lipinski definition) is 14. The van der Waals surface area contributed by atoms with Crippen LogP contribution in [0.4, 0.5) is 15.3 Å². The molecule has 0 radical (unpaired) electrons. The van der Waals surface area contributed by atoms with E-state index in [1.165, 1.54) is 11.3 Å². The van der Waals surface area contributed by atoms with Crippen LogP contribution in [0.1, 0.15) is 60.9 Å². The van der Waals surface area contributed by atoms with Gasteiger partial charge in [-0.05, 0) is 45.6 Å². The fraction of sp³-hybridized carbons (Fsp3) is 0.655. The SMILES string of the molecule is C[C@]1(c2nc(-c3nc(OC[C@@]45CCCN4C[C@H](F)C5)nc(N4CCOCC45CNC5)n3)no2)CCCc2sc(N)c(C#N)c21. The lowest BCUT2D eigenvalue weighted by Crippen LogP contribution is -2.74. The second-order valence-corrected chi connectivity index (χ2v) is 14.1. The van der Waals surface area contributed by atoms with Gasteiger partial charge in [-0.15, -0.1) is 11.3 Å². The summed E-state index contributed by atoms with van der Waals surface area (Å²) < 4.78 is 32.5. The summed E-state index contributed by atoms with van der Waals surface area (Å²) in [6.07, 6.45) is 3.99. The highest BCUT2D eigenvalue weighted by molar-refractivity contribution is 7.16. The van der Waals surface area contributed by atoms with Gasteiger partial charge in [0.25, 0.3) is 0 Å². The number of nitrogen functional groups attached to an aromatic ring is 1. The molecule has 7 heterocycles. The molecule has 232 valence electrons. The van der Waals surface area contributed by atoms with E-state index in [-0.39, 0.29) is 28.7 Å². The number of nitrogens with two attached hydrogens (primary N) is 1. The third-order valence-corrected chi connectivity index (χ3v) is 11.3. The number of aryl methyl sites for hydroxylation is 1. The largest absolute Gasteiger partial charge is 0.461 e. The van der Waals surface area contributed by atoms with E-state index in [1.807, 2.05) is 6.92 Å². The summed E-state index contributed by atoms with van der Waals surface area (Å²) in [6, 6.07) is 2.44. The topological polar surface area (TPSA) is 164 Å². The first-order chi connectivity index (χ1) is 21.3. The third-order valence-electron chi connectivity index (χ3n) is 10.2. The number of alkyl halides is 1. The number of morpholine rings is 1. The van der Waals surface area contributed by atoms with Crippen molar-refractivity contribution in [3.63, 3.8) is 0 Å². The molecule has 3 N–H and O–H groups in total. The van der Waals surface area contributed by atoms with E-state index in [9.17, 15) is 9.65 Å². The number of fused-ring (bicyclic) bond motifs is 2. The summed E-state index contributed by atoms with van der Waals surface area (Å²) in [5, 5.41) is 18.1. The Balaban J connectivity index is 1.16. The molecule has 4 saturated heterocycles. The van der Waals surface area contributed by atoms with Crippen molar-refractivity contribution in [3.05, 3.63) is 21.9 Å². The van der Waals surface area contributed by atoms with Crippen molar-refractivity contribution >= 4 is 22.3 Å². The summed E-state index contributed by atoms with van der Waals surface area (Å²) in [4.78, 5) is 24.5. The van der Waals surface area contributed by atoms with Crippen LogP contribution in [0.2, 0.25) is 0 Å². The first-order valence-electron chi connectivity index (χ1n) is 15.3.